The summed E-state index contributed by atoms with van der Waals surface area (Å²) in [4.78, 5) is 16.9. The number of nitrogens with one attached hydrogen (secondary N) is 1. The number of hydrogen-bond donors (Lipinski definition) is 1. The van der Waals surface area contributed by atoms with Crippen molar-refractivity contribution in [1.82, 2.24) is 14.8 Å². The highest BCUT2D eigenvalue weighted by Gasteiger charge is 2.14. The van der Waals surface area contributed by atoms with Gasteiger partial charge in [-0.3, -0.25) is 10.00 Å². The predicted octanol–water partition coefficient (Wildman–Crippen LogP) is 5.32. The molecule has 148 valence electrons. The van der Waals surface area contributed by atoms with E-state index < -0.39 is 6.09 Å². The molecular weight excluding hydrogens is 384 g/mol. The van der Waals surface area contributed by atoms with Crippen LogP contribution >= 0.6 is 11.3 Å². The van der Waals surface area contributed by atoms with Crippen LogP contribution in [0.3, 0.4) is 0 Å². The smallest absolute Gasteiger partial charge is 0.412 e. The zero-order chi connectivity index (χ0) is 20.4. The molecule has 0 aliphatic rings. The molecule has 0 saturated heterocycles. The summed E-state index contributed by atoms with van der Waals surface area (Å²) in [7, 11) is 1.90. The van der Waals surface area contributed by atoms with Crippen LogP contribution in [-0.2, 0) is 24.8 Å². The summed E-state index contributed by atoms with van der Waals surface area (Å²) in [6, 6.07) is 14.1. The van der Waals surface area contributed by atoms with E-state index in [-0.39, 0.29) is 6.61 Å². The summed E-state index contributed by atoms with van der Waals surface area (Å²) in [5, 5.41) is 9.68. The van der Waals surface area contributed by atoms with Crippen molar-refractivity contribution in [3.05, 3.63) is 65.5 Å². The highest BCUT2D eigenvalue weighted by Crippen LogP contribution is 2.33. The summed E-state index contributed by atoms with van der Waals surface area (Å²) in [5.41, 5.74) is 5.08. The molecule has 0 bridgehead atoms. The van der Waals surface area contributed by atoms with Gasteiger partial charge in [-0.2, -0.15) is 5.10 Å². The SMILES string of the molecule is CCc1ccccc1-c1nc(C)c(NC(=O)OCc2ccc3c(cnn3C)c2)s1. The molecule has 0 radical (unpaired) electrons. The third kappa shape index (κ3) is 4.00. The highest BCUT2D eigenvalue weighted by atomic mass is 32.1. The Morgan fingerprint density at radius 1 is 1.24 bits per heavy atom. The lowest BCUT2D eigenvalue weighted by Gasteiger charge is -2.06. The Kier molecular flexibility index (Phi) is 5.31. The summed E-state index contributed by atoms with van der Waals surface area (Å²) >= 11 is 1.46. The zero-order valence-electron chi connectivity index (χ0n) is 16.6. The first kappa shape index (κ1) is 19.1. The van der Waals surface area contributed by atoms with Crippen LogP contribution in [-0.4, -0.2) is 20.9 Å². The minimum Gasteiger partial charge on any atom is -0.444 e. The van der Waals surface area contributed by atoms with Crippen molar-refractivity contribution < 1.29 is 9.53 Å². The van der Waals surface area contributed by atoms with Gasteiger partial charge in [-0.1, -0.05) is 48.6 Å². The topological polar surface area (TPSA) is 69.0 Å². The lowest BCUT2D eigenvalue weighted by molar-refractivity contribution is 0.155. The summed E-state index contributed by atoms with van der Waals surface area (Å²) < 4.78 is 7.22. The molecule has 0 aliphatic carbocycles. The fourth-order valence-electron chi connectivity index (χ4n) is 3.25. The Bertz CT molecular complexity index is 1180. The van der Waals surface area contributed by atoms with Crippen LogP contribution in [0, 0.1) is 6.92 Å². The van der Waals surface area contributed by atoms with E-state index in [4.69, 9.17) is 4.74 Å². The van der Waals surface area contributed by atoms with Gasteiger partial charge in [-0.15, -0.1) is 0 Å². The molecule has 0 aliphatic heterocycles. The number of anilines is 1. The molecule has 1 N–H and O–H groups in total. The van der Waals surface area contributed by atoms with Gasteiger partial charge in [0.05, 0.1) is 17.4 Å². The van der Waals surface area contributed by atoms with E-state index in [2.05, 4.69) is 34.5 Å². The van der Waals surface area contributed by atoms with Crippen molar-refractivity contribution in [3.63, 3.8) is 0 Å². The molecule has 0 spiro atoms. The zero-order valence-corrected chi connectivity index (χ0v) is 17.4. The van der Waals surface area contributed by atoms with Gasteiger partial charge in [0.25, 0.3) is 0 Å². The number of nitrogens with zero attached hydrogens (tertiary/aromatic N) is 3. The highest BCUT2D eigenvalue weighted by molar-refractivity contribution is 7.19. The van der Waals surface area contributed by atoms with Gasteiger partial charge in [-0.25, -0.2) is 9.78 Å². The molecule has 2 heterocycles. The number of aryl methyl sites for hydroxylation is 3. The Morgan fingerprint density at radius 2 is 2.07 bits per heavy atom. The largest absolute Gasteiger partial charge is 0.444 e. The fraction of sp³-hybridized carbons (Fsp3) is 0.227. The summed E-state index contributed by atoms with van der Waals surface area (Å²) in [6.07, 6.45) is 2.24. The van der Waals surface area contributed by atoms with Gasteiger partial charge in [0.2, 0.25) is 0 Å². The van der Waals surface area contributed by atoms with Crippen molar-refractivity contribution in [1.29, 1.82) is 0 Å². The van der Waals surface area contributed by atoms with E-state index in [1.165, 1.54) is 16.9 Å². The van der Waals surface area contributed by atoms with E-state index in [9.17, 15) is 4.79 Å². The minimum atomic E-state index is -0.488. The number of carbonyl (C=O) groups is 1. The quantitative estimate of drug-likeness (QED) is 0.487. The van der Waals surface area contributed by atoms with Crippen LogP contribution in [0.25, 0.3) is 21.5 Å². The second-order valence-corrected chi connectivity index (χ2v) is 7.81. The Hall–Kier alpha value is -3.19. The maximum absolute atomic E-state index is 12.3. The average molecular weight is 407 g/mol. The number of carbonyl (C=O) groups excluding carboxylic acids is 1. The monoisotopic (exact) mass is 406 g/mol. The maximum Gasteiger partial charge on any atom is 0.412 e. The van der Waals surface area contributed by atoms with E-state index in [1.807, 2.05) is 49.0 Å². The van der Waals surface area contributed by atoms with Crippen LogP contribution in [0.4, 0.5) is 9.80 Å². The van der Waals surface area contributed by atoms with Crippen molar-refractivity contribution in [2.45, 2.75) is 26.9 Å². The normalized spacial score (nSPS) is 11.0. The number of amides is 1. The van der Waals surface area contributed by atoms with Crippen LogP contribution in [0.2, 0.25) is 0 Å². The second kappa shape index (κ2) is 8.05. The van der Waals surface area contributed by atoms with Crippen LogP contribution in [0.15, 0.2) is 48.7 Å². The molecule has 29 heavy (non-hydrogen) atoms. The van der Waals surface area contributed by atoms with E-state index >= 15 is 0 Å². The van der Waals surface area contributed by atoms with E-state index in [0.717, 1.165) is 39.2 Å². The summed E-state index contributed by atoms with van der Waals surface area (Å²) in [5.74, 6) is 0. The van der Waals surface area contributed by atoms with Crippen molar-refractivity contribution in [2.24, 2.45) is 7.05 Å². The molecule has 0 atom stereocenters. The number of benzene rings is 2. The lowest BCUT2D eigenvalue weighted by atomic mass is 10.1. The molecule has 0 unspecified atom stereocenters. The standard InChI is InChI=1S/C22H22N4O2S/c1-4-16-7-5-6-8-18(16)21-24-14(2)20(29-21)25-22(27)28-13-15-9-10-19-17(11-15)12-23-26(19)3/h5-12H,4,13H2,1-3H3,(H,25,27). The first-order valence-electron chi connectivity index (χ1n) is 9.45. The van der Waals surface area contributed by atoms with Gasteiger partial charge in [0.15, 0.2) is 0 Å². The predicted molar refractivity (Wildman–Crippen MR) is 116 cm³/mol. The number of aromatic nitrogens is 3. The van der Waals surface area contributed by atoms with Crippen LogP contribution in [0.1, 0.15) is 23.7 Å². The van der Waals surface area contributed by atoms with Gasteiger partial charge >= 0.3 is 6.09 Å². The fourth-order valence-corrected chi connectivity index (χ4v) is 4.26. The third-order valence-corrected chi connectivity index (χ3v) is 5.93. The molecule has 2 aromatic carbocycles. The number of hydrogen-bond acceptors (Lipinski definition) is 5. The van der Waals surface area contributed by atoms with Crippen molar-refractivity contribution in [2.75, 3.05) is 5.32 Å². The van der Waals surface area contributed by atoms with Crippen molar-refractivity contribution >= 4 is 33.3 Å². The Balaban J connectivity index is 1.43. The minimum absolute atomic E-state index is 0.194. The molecule has 6 nitrogen and oxygen atoms in total. The molecule has 7 heteroatoms. The van der Waals surface area contributed by atoms with Gasteiger partial charge in [0.1, 0.15) is 16.6 Å². The first-order valence-corrected chi connectivity index (χ1v) is 10.3. The van der Waals surface area contributed by atoms with Crippen LogP contribution < -0.4 is 5.32 Å². The Labute approximate surface area is 173 Å². The van der Waals surface area contributed by atoms with E-state index in [1.54, 1.807) is 6.20 Å². The lowest BCUT2D eigenvalue weighted by Crippen LogP contribution is -2.13. The maximum atomic E-state index is 12.3. The van der Waals surface area contributed by atoms with Gasteiger partial charge < -0.3 is 4.74 Å². The molecule has 1 amide bonds. The molecular formula is C22H22N4O2S. The molecule has 4 aromatic rings. The van der Waals surface area contributed by atoms with Crippen molar-refractivity contribution in [3.8, 4) is 10.6 Å². The Morgan fingerprint density at radius 3 is 2.90 bits per heavy atom. The molecule has 2 aromatic heterocycles. The van der Waals surface area contributed by atoms with Crippen LogP contribution in [0.5, 0.6) is 0 Å². The molecule has 0 saturated carbocycles. The second-order valence-electron chi connectivity index (χ2n) is 6.81. The number of thiazole rings is 1. The number of rotatable bonds is 5. The van der Waals surface area contributed by atoms with Gasteiger partial charge in [-0.05, 0) is 36.6 Å². The number of ether oxygens (including phenoxy) is 1. The average Bonchev–Trinajstić information content (AvgIpc) is 3.28. The van der Waals surface area contributed by atoms with E-state index in [0.29, 0.717) is 5.00 Å². The third-order valence-electron chi connectivity index (χ3n) is 4.82. The molecule has 4 rings (SSSR count). The summed E-state index contributed by atoms with van der Waals surface area (Å²) in [6.45, 7) is 4.21. The van der Waals surface area contributed by atoms with Gasteiger partial charge in [0, 0.05) is 18.0 Å². The number of fused-ring (bicyclic) bond motifs is 1. The molecule has 0 fully saturated rings. The first-order chi connectivity index (χ1) is 14.0.